The van der Waals surface area contributed by atoms with E-state index >= 15 is 0 Å². The van der Waals surface area contributed by atoms with Crippen LogP contribution in [0, 0.1) is 0 Å². The van der Waals surface area contributed by atoms with Gasteiger partial charge >= 0.3 is 0 Å². The van der Waals surface area contributed by atoms with Crippen molar-refractivity contribution < 1.29 is 14.6 Å². The van der Waals surface area contributed by atoms with Crippen molar-refractivity contribution in [1.82, 2.24) is 0 Å². The van der Waals surface area contributed by atoms with Crippen molar-refractivity contribution in [3.05, 3.63) is 115 Å². The minimum Gasteiger partial charge on any atom is -0.691 e. The molecule has 0 amide bonds. The van der Waals surface area contributed by atoms with E-state index in [1.165, 1.54) is 121 Å². The van der Waals surface area contributed by atoms with Gasteiger partial charge < -0.3 is 5.26 Å². The van der Waals surface area contributed by atoms with Gasteiger partial charge in [-0.2, -0.15) is 4.33 Å². The van der Waals surface area contributed by atoms with Crippen molar-refractivity contribution in [1.29, 1.82) is 0 Å². The zero-order chi connectivity index (χ0) is 33.5. The average Bonchev–Trinajstić information content (AvgIpc) is 3.14. The van der Waals surface area contributed by atoms with Crippen molar-refractivity contribution in [2.75, 3.05) is 0 Å². The lowest BCUT2D eigenvalue weighted by molar-refractivity contribution is -0.777. The Balaban J connectivity index is 0.000000221. The van der Waals surface area contributed by atoms with Crippen molar-refractivity contribution in [2.24, 2.45) is 0 Å². The summed E-state index contributed by atoms with van der Waals surface area (Å²) in [6.07, 6.45) is 21.7. The molecule has 0 aliphatic heterocycles. The topological polar surface area (TPSA) is 41.5 Å². The van der Waals surface area contributed by atoms with Crippen LogP contribution in [0.1, 0.15) is 109 Å². The molecule has 4 aromatic carbocycles. The molecule has 1 aliphatic carbocycles. The van der Waals surface area contributed by atoms with Gasteiger partial charge in [-0.15, -0.1) is 0 Å². The molecule has 48 heavy (non-hydrogen) atoms. The zero-order valence-electron chi connectivity index (χ0n) is 28.7. The second-order valence-corrected chi connectivity index (χ2v) is 16.8. The smallest absolute Gasteiger partial charge is 0.161 e. The van der Waals surface area contributed by atoms with Crippen molar-refractivity contribution in [3.8, 4) is 0 Å². The molecule has 0 heterocycles. The normalized spacial score (nSPS) is 13.9. The summed E-state index contributed by atoms with van der Waals surface area (Å²) in [5.41, 5.74) is 1.34. The molecule has 1 unspecified atom stereocenters. The van der Waals surface area contributed by atoms with Gasteiger partial charge in [-0.3, -0.25) is 5.04 Å². The molecular formula is C42H54O3S3. The number of aryl methyl sites for hydroxylation is 1. The predicted molar refractivity (Wildman–Crippen MR) is 204 cm³/mol. The fraction of sp³-hybridized carbons (Fsp3) is 0.429. The molecule has 0 aromatic heterocycles. The minimum atomic E-state index is 0.198. The standard InChI is InChI=1S/C24H25S2.C18H30O3S/c1-4-10-20(11-5-1)25-21-16-18-24(19-17-21)26(22-12-6-2-7-13-22)23-14-8-3-9-15-23;1-2-3-4-5-6-7-8-9-10-11-12-17-13-15-18(16-14-17)22-21-20-19/h1-2,4-7,10-13,16-19,23H,3,8-9,14-15H2;13-16,19H,2-12H2,1H3/q+1;/p-1. The summed E-state index contributed by atoms with van der Waals surface area (Å²) < 4.78 is 4.29. The molecule has 5 rings (SSSR count). The molecule has 4 aromatic rings. The lowest BCUT2D eigenvalue weighted by Gasteiger charge is -2.22. The van der Waals surface area contributed by atoms with E-state index in [0.29, 0.717) is 0 Å². The van der Waals surface area contributed by atoms with Gasteiger partial charge in [0.05, 0.1) is 22.9 Å². The van der Waals surface area contributed by atoms with Crippen LogP contribution in [0.15, 0.2) is 134 Å². The Morgan fingerprint density at radius 2 is 1.10 bits per heavy atom. The van der Waals surface area contributed by atoms with Gasteiger partial charge in [-0.1, -0.05) is 131 Å². The van der Waals surface area contributed by atoms with E-state index in [1.54, 1.807) is 0 Å². The van der Waals surface area contributed by atoms with Gasteiger partial charge in [0.1, 0.15) is 5.25 Å². The van der Waals surface area contributed by atoms with Gasteiger partial charge in [0, 0.05) is 14.7 Å². The van der Waals surface area contributed by atoms with Gasteiger partial charge in [0.15, 0.2) is 9.79 Å². The lowest BCUT2D eigenvalue weighted by Crippen LogP contribution is -2.24. The molecule has 1 atom stereocenters. The third-order valence-electron chi connectivity index (χ3n) is 8.84. The maximum Gasteiger partial charge on any atom is 0.161 e. The first kappa shape index (κ1) is 38.6. The van der Waals surface area contributed by atoms with E-state index in [2.05, 4.69) is 113 Å². The maximum atomic E-state index is 9.74. The van der Waals surface area contributed by atoms with Crippen molar-refractivity contribution >= 4 is 34.7 Å². The van der Waals surface area contributed by atoms with Crippen LogP contribution in [0.5, 0.6) is 0 Å². The Bertz CT molecular complexity index is 1340. The summed E-state index contributed by atoms with van der Waals surface area (Å²) in [5, 5.41) is 13.9. The van der Waals surface area contributed by atoms with E-state index in [4.69, 9.17) is 0 Å². The molecule has 0 bridgehead atoms. The zero-order valence-corrected chi connectivity index (χ0v) is 31.2. The van der Waals surface area contributed by atoms with E-state index in [9.17, 15) is 5.26 Å². The van der Waals surface area contributed by atoms with Gasteiger partial charge in [0.25, 0.3) is 0 Å². The third kappa shape index (κ3) is 14.7. The molecule has 1 aliphatic rings. The molecule has 258 valence electrons. The lowest BCUT2D eigenvalue weighted by atomic mass is 10.0. The summed E-state index contributed by atoms with van der Waals surface area (Å²) in [5.74, 6) is 0. The number of rotatable bonds is 19. The molecular weight excluding hydrogens is 649 g/mol. The van der Waals surface area contributed by atoms with Gasteiger partial charge in [0.2, 0.25) is 0 Å². The van der Waals surface area contributed by atoms with Crippen LogP contribution in [0.3, 0.4) is 0 Å². The molecule has 6 heteroatoms. The van der Waals surface area contributed by atoms with Crippen molar-refractivity contribution in [3.63, 3.8) is 0 Å². The fourth-order valence-corrected chi connectivity index (χ4v) is 10.2. The monoisotopic (exact) mass is 702 g/mol. The molecule has 0 saturated heterocycles. The Kier molecular flexibility index (Phi) is 19.3. The molecule has 0 radical (unpaired) electrons. The van der Waals surface area contributed by atoms with E-state index in [1.807, 2.05) is 23.9 Å². The fourth-order valence-electron chi connectivity index (χ4n) is 6.25. The summed E-state index contributed by atoms with van der Waals surface area (Å²) in [7, 11) is 0.198. The number of hydrogen-bond acceptors (Lipinski definition) is 5. The molecule has 0 N–H and O–H groups in total. The van der Waals surface area contributed by atoms with E-state index < -0.39 is 0 Å². The summed E-state index contributed by atoms with van der Waals surface area (Å²) in [6, 6.07) is 39.2. The first-order valence-electron chi connectivity index (χ1n) is 18.1. The molecule has 0 spiro atoms. The maximum absolute atomic E-state index is 9.74. The highest BCUT2D eigenvalue weighted by Gasteiger charge is 2.36. The second kappa shape index (κ2) is 24.0. The first-order valence-corrected chi connectivity index (χ1v) is 20.9. The van der Waals surface area contributed by atoms with Gasteiger partial charge in [-0.25, -0.2) is 0 Å². The first-order chi connectivity index (χ1) is 23.8. The Labute approximate surface area is 302 Å². The van der Waals surface area contributed by atoms with E-state index in [0.717, 1.165) is 28.6 Å². The third-order valence-corrected chi connectivity index (χ3v) is 13.1. The van der Waals surface area contributed by atoms with Crippen LogP contribution < -0.4 is 5.26 Å². The highest BCUT2D eigenvalue weighted by Crippen LogP contribution is 2.37. The second-order valence-electron chi connectivity index (χ2n) is 12.6. The average molecular weight is 703 g/mol. The highest BCUT2D eigenvalue weighted by molar-refractivity contribution is 7.99. The predicted octanol–water partition coefficient (Wildman–Crippen LogP) is 12.6. The Hall–Kier alpha value is -2.19. The molecule has 1 fully saturated rings. The van der Waals surface area contributed by atoms with Crippen LogP contribution in [-0.2, 0) is 26.7 Å². The molecule has 1 saturated carbocycles. The quantitative estimate of drug-likeness (QED) is 0.0320. The summed E-state index contributed by atoms with van der Waals surface area (Å²) >= 11 is 2.78. The van der Waals surface area contributed by atoms with Crippen LogP contribution in [-0.4, -0.2) is 5.25 Å². The molecule has 3 nitrogen and oxygen atoms in total. The Morgan fingerprint density at radius 3 is 1.71 bits per heavy atom. The number of hydrogen-bond donors (Lipinski definition) is 0. The van der Waals surface area contributed by atoms with Crippen molar-refractivity contribution in [2.45, 2.75) is 139 Å². The van der Waals surface area contributed by atoms with Crippen LogP contribution >= 0.6 is 23.8 Å². The SMILES string of the molecule is CCCCCCCCCCCCc1ccc(SOO[O-])cc1.c1ccc(Sc2ccc([S+](c3ccccc3)C3CCCCC3)cc2)cc1. The number of unbranched alkanes of at least 4 members (excludes halogenated alkanes) is 9. The Morgan fingerprint density at radius 1 is 0.583 bits per heavy atom. The van der Waals surface area contributed by atoms with Crippen LogP contribution in [0.2, 0.25) is 0 Å². The summed E-state index contributed by atoms with van der Waals surface area (Å²) in [6.45, 7) is 2.27. The highest BCUT2D eigenvalue weighted by atomic mass is 32.2. The van der Waals surface area contributed by atoms with E-state index in [-0.39, 0.29) is 10.9 Å². The number of benzene rings is 4. The largest absolute Gasteiger partial charge is 0.691 e. The van der Waals surface area contributed by atoms with Crippen LogP contribution in [0.4, 0.5) is 0 Å². The summed E-state index contributed by atoms with van der Waals surface area (Å²) in [4.78, 5) is 6.50. The minimum absolute atomic E-state index is 0.198. The van der Waals surface area contributed by atoms with Gasteiger partial charge in [-0.05, 0) is 105 Å². The van der Waals surface area contributed by atoms with Crippen LogP contribution in [0.25, 0.3) is 0 Å².